The second kappa shape index (κ2) is 4.39. The van der Waals surface area contributed by atoms with Crippen molar-refractivity contribution in [2.45, 2.75) is 18.9 Å². The van der Waals surface area contributed by atoms with E-state index < -0.39 is 0 Å². The maximum atomic E-state index is 6.09. The highest BCUT2D eigenvalue weighted by atomic mass is 35.5. The van der Waals surface area contributed by atoms with Crippen LogP contribution in [0.2, 0.25) is 5.02 Å². The molecule has 2 aromatic rings. The second-order valence-corrected chi connectivity index (χ2v) is 5.81. The molecule has 1 aromatic heterocycles. The van der Waals surface area contributed by atoms with Gasteiger partial charge in [0.1, 0.15) is 6.10 Å². The Bertz CT molecular complexity index is 605. The molecule has 3 aliphatic rings. The fourth-order valence-corrected chi connectivity index (χ4v) is 3.39. The monoisotopic (exact) mass is 278 g/mol. The molecule has 5 heteroatoms. The van der Waals surface area contributed by atoms with E-state index in [0.717, 1.165) is 11.9 Å². The number of hydrogen-bond donors (Lipinski definition) is 0. The van der Waals surface area contributed by atoms with Crippen molar-refractivity contribution >= 4 is 22.6 Å². The standard InChI is InChI=1S/C14H15ClN2O2/c15-11-3-1-2-10-13(11)19-16-14(10)18-12-8-17-6-4-9(12)5-7-17/h1-3,9,12H,4-8H2. The van der Waals surface area contributed by atoms with Gasteiger partial charge in [-0.2, -0.15) is 0 Å². The van der Waals surface area contributed by atoms with Crippen LogP contribution in [0.4, 0.5) is 0 Å². The summed E-state index contributed by atoms with van der Waals surface area (Å²) >= 11 is 6.08. The molecule has 3 fully saturated rings. The number of aromatic nitrogens is 1. The number of nitrogens with zero attached hydrogens (tertiary/aromatic N) is 2. The number of ether oxygens (including phenoxy) is 1. The smallest absolute Gasteiger partial charge is 0.262 e. The lowest BCUT2D eigenvalue weighted by Crippen LogP contribution is -2.52. The van der Waals surface area contributed by atoms with E-state index in [9.17, 15) is 0 Å². The molecule has 0 spiro atoms. The Balaban J connectivity index is 1.63. The van der Waals surface area contributed by atoms with E-state index in [0.29, 0.717) is 22.4 Å². The van der Waals surface area contributed by atoms with E-state index in [1.807, 2.05) is 12.1 Å². The Morgan fingerprint density at radius 3 is 2.89 bits per heavy atom. The van der Waals surface area contributed by atoms with Crippen molar-refractivity contribution in [3.63, 3.8) is 0 Å². The molecule has 1 atom stereocenters. The van der Waals surface area contributed by atoms with Crippen LogP contribution in [0.25, 0.3) is 11.0 Å². The van der Waals surface area contributed by atoms with Gasteiger partial charge in [-0.25, -0.2) is 0 Å². The molecule has 1 unspecified atom stereocenters. The third-order valence-corrected chi connectivity index (χ3v) is 4.57. The first-order valence-corrected chi connectivity index (χ1v) is 7.12. The quantitative estimate of drug-likeness (QED) is 0.847. The molecule has 0 N–H and O–H groups in total. The molecule has 1 aromatic carbocycles. The third kappa shape index (κ3) is 1.90. The van der Waals surface area contributed by atoms with Gasteiger partial charge < -0.3 is 9.26 Å². The Hall–Kier alpha value is -1.26. The van der Waals surface area contributed by atoms with Crippen molar-refractivity contribution in [2.24, 2.45) is 5.92 Å². The van der Waals surface area contributed by atoms with Crippen LogP contribution < -0.4 is 4.74 Å². The Morgan fingerprint density at radius 1 is 1.32 bits per heavy atom. The summed E-state index contributed by atoms with van der Waals surface area (Å²) in [5, 5.41) is 5.48. The number of halogens is 1. The van der Waals surface area contributed by atoms with Crippen molar-refractivity contribution in [1.82, 2.24) is 10.1 Å². The molecule has 3 saturated heterocycles. The predicted octanol–water partition coefficient (Wildman–Crippen LogP) is 2.95. The summed E-state index contributed by atoms with van der Waals surface area (Å²) in [6.07, 6.45) is 2.68. The first-order valence-electron chi connectivity index (χ1n) is 6.74. The molecule has 4 nitrogen and oxygen atoms in total. The summed E-state index contributed by atoms with van der Waals surface area (Å²) < 4.78 is 11.4. The lowest BCUT2D eigenvalue weighted by molar-refractivity contribution is -0.0106. The molecule has 0 saturated carbocycles. The van der Waals surface area contributed by atoms with Gasteiger partial charge in [0.25, 0.3) is 5.88 Å². The van der Waals surface area contributed by atoms with Crippen molar-refractivity contribution < 1.29 is 9.26 Å². The molecule has 3 aliphatic heterocycles. The van der Waals surface area contributed by atoms with Gasteiger partial charge in [-0.1, -0.05) is 17.7 Å². The van der Waals surface area contributed by atoms with Gasteiger partial charge in [0.05, 0.1) is 10.4 Å². The Kier molecular flexibility index (Phi) is 2.67. The van der Waals surface area contributed by atoms with Crippen molar-refractivity contribution in [2.75, 3.05) is 19.6 Å². The highest BCUT2D eigenvalue weighted by molar-refractivity contribution is 6.34. The van der Waals surface area contributed by atoms with E-state index in [1.54, 1.807) is 6.07 Å². The van der Waals surface area contributed by atoms with Crippen molar-refractivity contribution in [1.29, 1.82) is 0 Å². The van der Waals surface area contributed by atoms with Crippen LogP contribution in [0, 0.1) is 5.92 Å². The summed E-state index contributed by atoms with van der Waals surface area (Å²) in [5.41, 5.74) is 0.612. The van der Waals surface area contributed by atoms with Gasteiger partial charge in [-0.3, -0.25) is 4.90 Å². The van der Waals surface area contributed by atoms with Gasteiger partial charge in [0.2, 0.25) is 0 Å². The minimum Gasteiger partial charge on any atom is -0.470 e. The molecule has 4 heterocycles. The number of fused-ring (bicyclic) bond motifs is 4. The lowest BCUT2D eigenvalue weighted by atomic mass is 9.86. The minimum absolute atomic E-state index is 0.231. The summed E-state index contributed by atoms with van der Waals surface area (Å²) in [6, 6.07) is 5.63. The van der Waals surface area contributed by atoms with Crippen LogP contribution in [-0.4, -0.2) is 35.8 Å². The number of rotatable bonds is 2. The zero-order chi connectivity index (χ0) is 12.8. The van der Waals surface area contributed by atoms with Crippen LogP contribution in [0.3, 0.4) is 0 Å². The maximum absolute atomic E-state index is 6.09. The van der Waals surface area contributed by atoms with Gasteiger partial charge in [-0.15, -0.1) is 0 Å². The topological polar surface area (TPSA) is 38.5 Å². The van der Waals surface area contributed by atoms with Gasteiger partial charge in [-0.05, 0) is 49.1 Å². The van der Waals surface area contributed by atoms with E-state index in [-0.39, 0.29) is 6.10 Å². The summed E-state index contributed by atoms with van der Waals surface area (Å²) in [4.78, 5) is 2.46. The predicted molar refractivity (Wildman–Crippen MR) is 72.6 cm³/mol. The maximum Gasteiger partial charge on any atom is 0.262 e. The summed E-state index contributed by atoms with van der Waals surface area (Å²) in [7, 11) is 0. The number of para-hydroxylation sites is 1. The van der Waals surface area contributed by atoms with Crippen molar-refractivity contribution in [3.05, 3.63) is 23.2 Å². The van der Waals surface area contributed by atoms with Gasteiger partial charge in [0, 0.05) is 6.54 Å². The minimum atomic E-state index is 0.231. The van der Waals surface area contributed by atoms with Crippen molar-refractivity contribution in [3.8, 4) is 5.88 Å². The Labute approximate surface area is 116 Å². The van der Waals surface area contributed by atoms with Crippen LogP contribution in [0.5, 0.6) is 5.88 Å². The zero-order valence-corrected chi connectivity index (χ0v) is 11.3. The first-order chi connectivity index (χ1) is 9.31. The number of hydrogen-bond acceptors (Lipinski definition) is 4. The molecular weight excluding hydrogens is 264 g/mol. The molecule has 5 rings (SSSR count). The van der Waals surface area contributed by atoms with E-state index in [4.69, 9.17) is 20.9 Å². The van der Waals surface area contributed by atoms with E-state index in [1.165, 1.54) is 25.9 Å². The molecular formula is C14H15ClN2O2. The zero-order valence-electron chi connectivity index (χ0n) is 10.5. The lowest BCUT2D eigenvalue weighted by Gasteiger charge is -2.43. The summed E-state index contributed by atoms with van der Waals surface area (Å²) in [5.74, 6) is 1.23. The summed E-state index contributed by atoms with van der Waals surface area (Å²) in [6.45, 7) is 3.41. The fourth-order valence-electron chi connectivity index (χ4n) is 3.18. The normalized spacial score (nSPS) is 29.8. The number of piperidine rings is 3. The molecule has 0 radical (unpaired) electrons. The Morgan fingerprint density at radius 2 is 2.16 bits per heavy atom. The van der Waals surface area contributed by atoms with Crippen LogP contribution in [-0.2, 0) is 0 Å². The van der Waals surface area contributed by atoms with Gasteiger partial charge in [0.15, 0.2) is 5.58 Å². The first kappa shape index (κ1) is 11.6. The average Bonchev–Trinajstić information content (AvgIpc) is 2.85. The molecule has 19 heavy (non-hydrogen) atoms. The van der Waals surface area contributed by atoms with Crippen LogP contribution in [0.15, 0.2) is 22.7 Å². The number of benzene rings is 1. The van der Waals surface area contributed by atoms with Crippen LogP contribution >= 0.6 is 11.6 Å². The fraction of sp³-hybridized carbons (Fsp3) is 0.500. The van der Waals surface area contributed by atoms with E-state index in [2.05, 4.69) is 10.1 Å². The van der Waals surface area contributed by atoms with Crippen LogP contribution in [0.1, 0.15) is 12.8 Å². The SMILES string of the molecule is Clc1cccc2c(OC3CN4CCC3CC4)noc12. The molecule has 0 aliphatic carbocycles. The highest BCUT2D eigenvalue weighted by Gasteiger charge is 2.36. The molecule has 100 valence electrons. The highest BCUT2D eigenvalue weighted by Crippen LogP contribution is 2.34. The third-order valence-electron chi connectivity index (χ3n) is 4.28. The molecule has 2 bridgehead atoms. The molecule has 0 amide bonds. The average molecular weight is 279 g/mol. The second-order valence-electron chi connectivity index (χ2n) is 5.40. The van der Waals surface area contributed by atoms with E-state index >= 15 is 0 Å². The largest absolute Gasteiger partial charge is 0.470 e. The van der Waals surface area contributed by atoms with Gasteiger partial charge >= 0.3 is 0 Å².